The predicted octanol–water partition coefficient (Wildman–Crippen LogP) is 1.92. The van der Waals surface area contributed by atoms with Crippen LogP contribution >= 0.6 is 11.8 Å². The number of hydrogen-bond acceptors (Lipinski definition) is 7. The average Bonchev–Trinajstić information content (AvgIpc) is 2.45. The molecule has 0 fully saturated rings. The van der Waals surface area contributed by atoms with Crippen LogP contribution in [0.5, 0.6) is 0 Å². The van der Waals surface area contributed by atoms with E-state index >= 15 is 0 Å². The molecule has 1 aromatic heterocycles. The van der Waals surface area contributed by atoms with E-state index in [0.717, 1.165) is 37.8 Å². The van der Waals surface area contributed by atoms with Crippen molar-refractivity contribution >= 4 is 29.6 Å². The second kappa shape index (κ2) is 8.79. The van der Waals surface area contributed by atoms with E-state index in [9.17, 15) is 0 Å². The first-order valence-electron chi connectivity index (χ1n) is 6.66. The molecule has 0 aliphatic carbocycles. The molecule has 0 amide bonds. The third-order valence-corrected chi connectivity index (χ3v) is 3.40. The molecule has 0 aliphatic heterocycles. The average molecular weight is 284 g/mol. The van der Waals surface area contributed by atoms with Gasteiger partial charge in [-0.05, 0) is 32.3 Å². The lowest BCUT2D eigenvalue weighted by molar-refractivity contribution is 0.811. The Kier molecular flexibility index (Phi) is 7.32. The monoisotopic (exact) mass is 284 g/mol. The van der Waals surface area contributed by atoms with Crippen LogP contribution < -0.4 is 15.5 Å². The zero-order chi connectivity index (χ0) is 14.1. The van der Waals surface area contributed by atoms with Crippen LogP contribution in [0, 0.1) is 0 Å². The standard InChI is InChI=1S/C12H24N6S/c1-5-18(6-2)12-16-10(13-3)15-11(17-12)14-8-7-9-19-4/h5-9H2,1-4H3,(H2,13,14,15,16,17). The Balaban J connectivity index is 2.77. The molecule has 0 radical (unpaired) electrons. The lowest BCUT2D eigenvalue weighted by atomic mass is 10.5. The number of hydrogen-bond donors (Lipinski definition) is 2. The molecule has 1 aromatic rings. The normalized spacial score (nSPS) is 10.3. The van der Waals surface area contributed by atoms with Crippen LogP contribution in [0.4, 0.5) is 17.8 Å². The second-order valence-electron chi connectivity index (χ2n) is 3.98. The molecular formula is C12H24N6S. The van der Waals surface area contributed by atoms with Gasteiger partial charge in [0, 0.05) is 26.7 Å². The van der Waals surface area contributed by atoms with Crippen LogP contribution in [0.2, 0.25) is 0 Å². The highest BCUT2D eigenvalue weighted by Gasteiger charge is 2.10. The highest BCUT2D eigenvalue weighted by Crippen LogP contribution is 2.13. The number of aromatic nitrogens is 3. The van der Waals surface area contributed by atoms with Crippen LogP contribution in [0.1, 0.15) is 20.3 Å². The fourth-order valence-corrected chi connectivity index (χ4v) is 2.05. The summed E-state index contributed by atoms with van der Waals surface area (Å²) in [4.78, 5) is 15.3. The van der Waals surface area contributed by atoms with Crippen molar-refractivity contribution in [2.75, 3.05) is 54.2 Å². The zero-order valence-electron chi connectivity index (χ0n) is 12.2. The summed E-state index contributed by atoms with van der Waals surface area (Å²) >= 11 is 1.85. The third-order valence-electron chi connectivity index (χ3n) is 2.70. The van der Waals surface area contributed by atoms with E-state index < -0.39 is 0 Å². The minimum atomic E-state index is 0.601. The molecule has 1 heterocycles. The van der Waals surface area contributed by atoms with Crippen molar-refractivity contribution in [2.45, 2.75) is 20.3 Å². The van der Waals surface area contributed by atoms with Crippen LogP contribution in [-0.4, -0.2) is 53.6 Å². The lowest BCUT2D eigenvalue weighted by Gasteiger charge is -2.19. The number of thioether (sulfide) groups is 1. The van der Waals surface area contributed by atoms with Crippen LogP contribution in [-0.2, 0) is 0 Å². The number of rotatable bonds is 9. The highest BCUT2D eigenvalue weighted by atomic mass is 32.2. The maximum atomic E-state index is 4.47. The Morgan fingerprint density at radius 3 is 2.37 bits per heavy atom. The molecule has 6 nitrogen and oxygen atoms in total. The highest BCUT2D eigenvalue weighted by molar-refractivity contribution is 7.98. The van der Waals surface area contributed by atoms with Crippen LogP contribution in [0.3, 0.4) is 0 Å². The van der Waals surface area contributed by atoms with Crippen LogP contribution in [0.25, 0.3) is 0 Å². The summed E-state index contributed by atoms with van der Waals surface area (Å²) < 4.78 is 0. The topological polar surface area (TPSA) is 66.0 Å². The number of nitrogens with zero attached hydrogens (tertiary/aromatic N) is 4. The van der Waals surface area contributed by atoms with E-state index in [1.165, 1.54) is 0 Å². The quantitative estimate of drug-likeness (QED) is 0.672. The molecule has 0 bridgehead atoms. The Bertz CT molecular complexity index is 369. The zero-order valence-corrected chi connectivity index (χ0v) is 13.0. The van der Waals surface area contributed by atoms with Crippen molar-refractivity contribution in [3.05, 3.63) is 0 Å². The van der Waals surface area contributed by atoms with Gasteiger partial charge in [-0.2, -0.15) is 26.7 Å². The van der Waals surface area contributed by atoms with Gasteiger partial charge in [0.2, 0.25) is 17.8 Å². The summed E-state index contributed by atoms with van der Waals surface area (Å²) in [5.41, 5.74) is 0. The first-order chi connectivity index (χ1) is 9.24. The van der Waals surface area contributed by atoms with E-state index in [1.54, 1.807) is 0 Å². The summed E-state index contributed by atoms with van der Waals surface area (Å²) in [7, 11) is 1.82. The molecule has 0 saturated heterocycles. The summed E-state index contributed by atoms with van der Waals surface area (Å²) in [6, 6.07) is 0. The SMILES string of the molecule is CCN(CC)c1nc(NC)nc(NCCCSC)n1. The maximum absolute atomic E-state index is 4.47. The number of anilines is 3. The Morgan fingerprint density at radius 2 is 1.79 bits per heavy atom. The molecule has 2 N–H and O–H groups in total. The summed E-state index contributed by atoms with van der Waals surface area (Å²) in [5.74, 6) is 3.10. The van der Waals surface area contributed by atoms with Gasteiger partial charge in [-0.3, -0.25) is 0 Å². The Morgan fingerprint density at radius 1 is 1.11 bits per heavy atom. The van der Waals surface area contributed by atoms with Gasteiger partial charge in [0.1, 0.15) is 0 Å². The molecule has 1 rings (SSSR count). The van der Waals surface area contributed by atoms with Crippen molar-refractivity contribution in [1.29, 1.82) is 0 Å². The molecule has 19 heavy (non-hydrogen) atoms. The van der Waals surface area contributed by atoms with E-state index in [0.29, 0.717) is 11.9 Å². The fourth-order valence-electron chi connectivity index (χ4n) is 1.62. The van der Waals surface area contributed by atoms with Crippen LogP contribution in [0.15, 0.2) is 0 Å². The van der Waals surface area contributed by atoms with E-state index in [2.05, 4.69) is 50.6 Å². The van der Waals surface area contributed by atoms with Crippen molar-refractivity contribution < 1.29 is 0 Å². The smallest absolute Gasteiger partial charge is 0.231 e. The number of nitrogens with one attached hydrogen (secondary N) is 2. The molecule has 0 aliphatic rings. The van der Waals surface area contributed by atoms with Gasteiger partial charge >= 0.3 is 0 Å². The Labute approximate surface area is 119 Å². The largest absolute Gasteiger partial charge is 0.357 e. The first kappa shape index (κ1) is 15.8. The van der Waals surface area contributed by atoms with Gasteiger partial charge in [-0.15, -0.1) is 0 Å². The minimum Gasteiger partial charge on any atom is -0.357 e. The lowest BCUT2D eigenvalue weighted by Crippen LogP contribution is -2.25. The van der Waals surface area contributed by atoms with Gasteiger partial charge < -0.3 is 15.5 Å². The van der Waals surface area contributed by atoms with Gasteiger partial charge in [-0.25, -0.2) is 0 Å². The van der Waals surface area contributed by atoms with Crippen molar-refractivity contribution in [1.82, 2.24) is 15.0 Å². The summed E-state index contributed by atoms with van der Waals surface area (Å²) in [6.45, 7) is 6.84. The van der Waals surface area contributed by atoms with Gasteiger partial charge in [0.25, 0.3) is 0 Å². The first-order valence-corrected chi connectivity index (χ1v) is 8.06. The van der Waals surface area contributed by atoms with E-state index in [4.69, 9.17) is 0 Å². The van der Waals surface area contributed by atoms with Gasteiger partial charge in [0.15, 0.2) is 0 Å². The Hall–Kier alpha value is -1.24. The van der Waals surface area contributed by atoms with Gasteiger partial charge in [0.05, 0.1) is 0 Å². The second-order valence-corrected chi connectivity index (χ2v) is 4.96. The fraction of sp³-hybridized carbons (Fsp3) is 0.750. The molecule has 0 spiro atoms. The predicted molar refractivity (Wildman–Crippen MR) is 84.4 cm³/mol. The van der Waals surface area contributed by atoms with Crippen molar-refractivity contribution in [3.8, 4) is 0 Å². The van der Waals surface area contributed by atoms with E-state index in [-0.39, 0.29) is 0 Å². The minimum absolute atomic E-state index is 0.601. The van der Waals surface area contributed by atoms with Crippen molar-refractivity contribution in [3.63, 3.8) is 0 Å². The summed E-state index contributed by atoms with van der Waals surface area (Å²) in [6.07, 6.45) is 3.21. The third kappa shape index (κ3) is 5.10. The van der Waals surface area contributed by atoms with E-state index in [1.807, 2.05) is 18.8 Å². The van der Waals surface area contributed by atoms with Crippen molar-refractivity contribution in [2.24, 2.45) is 0 Å². The molecule has 0 aromatic carbocycles. The maximum Gasteiger partial charge on any atom is 0.231 e. The molecule has 108 valence electrons. The summed E-state index contributed by atoms with van der Waals surface area (Å²) in [5, 5.41) is 6.23. The molecule has 0 unspecified atom stereocenters. The molecule has 7 heteroatoms. The molecule has 0 saturated carbocycles. The molecule has 0 atom stereocenters. The van der Waals surface area contributed by atoms with Gasteiger partial charge in [-0.1, -0.05) is 0 Å². The molecular weight excluding hydrogens is 260 g/mol.